The third-order valence-corrected chi connectivity index (χ3v) is 5.60. The summed E-state index contributed by atoms with van der Waals surface area (Å²) in [6, 6.07) is 4.79. The van der Waals surface area contributed by atoms with Gasteiger partial charge in [0.2, 0.25) is 0 Å². The molecule has 142 valence electrons. The van der Waals surface area contributed by atoms with Crippen molar-refractivity contribution in [1.82, 2.24) is 9.97 Å². The molecule has 0 spiro atoms. The number of H-pyrrole nitrogens is 1. The molecular weight excluding hydrogens is 338 g/mol. The third-order valence-electron chi connectivity index (χ3n) is 5.60. The molecule has 0 bridgehead atoms. The molecule has 3 rings (SSSR count). The van der Waals surface area contributed by atoms with E-state index >= 15 is 0 Å². The highest BCUT2D eigenvalue weighted by Crippen LogP contribution is 2.36. The van der Waals surface area contributed by atoms with Crippen molar-refractivity contribution >= 4 is 11.0 Å². The van der Waals surface area contributed by atoms with Gasteiger partial charge < -0.3 is 9.72 Å². The molecule has 1 aliphatic rings. The number of nitrogens with zero attached hydrogens (tertiary/aromatic N) is 1. The second kappa shape index (κ2) is 7.72. The Bertz CT molecular complexity index is 819. The van der Waals surface area contributed by atoms with E-state index in [4.69, 9.17) is 4.74 Å². The minimum absolute atomic E-state index is 0.333. The maximum absolute atomic E-state index is 14.6. The monoisotopic (exact) mass is 364 g/mol. The molecule has 1 aliphatic carbocycles. The Balaban J connectivity index is 1.67. The Morgan fingerprint density at radius 3 is 2.81 bits per heavy atom. The lowest BCUT2D eigenvalue weighted by molar-refractivity contribution is -0.0216. The van der Waals surface area contributed by atoms with Gasteiger partial charge in [-0.1, -0.05) is 39.0 Å². The van der Waals surface area contributed by atoms with Crippen molar-refractivity contribution in [2.45, 2.75) is 57.8 Å². The van der Waals surface area contributed by atoms with Gasteiger partial charge in [-0.3, -0.25) is 4.79 Å². The molecule has 1 fully saturated rings. The number of aromatic nitrogens is 2. The number of hydrogen-bond donors (Lipinski definition) is 1. The van der Waals surface area contributed by atoms with Gasteiger partial charge in [-0.15, -0.1) is 0 Å². The second-order valence-electron chi connectivity index (χ2n) is 7.42. The Kier molecular flexibility index (Phi) is 5.58. The predicted octanol–water partition coefficient (Wildman–Crippen LogP) is 5.02. The van der Waals surface area contributed by atoms with Gasteiger partial charge in [0.1, 0.15) is 5.75 Å². The maximum Gasteiger partial charge on any atom is 0.295 e. The van der Waals surface area contributed by atoms with E-state index in [0.29, 0.717) is 35.0 Å². The first-order valence-corrected chi connectivity index (χ1v) is 9.37. The number of alkyl halides is 2. The molecule has 1 heterocycles. The van der Waals surface area contributed by atoms with E-state index in [1.807, 2.05) is 0 Å². The predicted molar refractivity (Wildman–Crippen MR) is 97.8 cm³/mol. The van der Waals surface area contributed by atoms with Gasteiger partial charge in [-0.05, 0) is 30.4 Å². The van der Waals surface area contributed by atoms with Crippen molar-refractivity contribution in [2.24, 2.45) is 11.8 Å². The summed E-state index contributed by atoms with van der Waals surface area (Å²) in [6.45, 7) is 2.25. The SMILES string of the molecule is COc1ccc2nc(C(F)(F)CCCC[C@@H]3CCCC3C)c(=O)[nH]c2c1. The molecule has 6 heteroatoms. The van der Waals surface area contributed by atoms with Crippen LogP contribution in [0.15, 0.2) is 23.0 Å². The topological polar surface area (TPSA) is 55.0 Å². The summed E-state index contributed by atoms with van der Waals surface area (Å²) in [5.74, 6) is -1.31. The van der Waals surface area contributed by atoms with Crippen LogP contribution in [0.1, 0.15) is 57.6 Å². The number of ether oxygens (including phenoxy) is 1. The number of rotatable bonds is 7. The average molecular weight is 364 g/mol. The van der Waals surface area contributed by atoms with E-state index in [0.717, 1.165) is 12.8 Å². The van der Waals surface area contributed by atoms with Crippen LogP contribution in [0.4, 0.5) is 8.78 Å². The van der Waals surface area contributed by atoms with Gasteiger partial charge in [0.15, 0.2) is 5.69 Å². The standard InChI is InChI=1S/C20H26F2N2O2/c1-13-6-5-8-14(13)7-3-4-11-20(21,22)18-19(25)24-17-12-15(26-2)9-10-16(17)23-18/h9-10,12-14H,3-8,11H2,1-2H3,(H,24,25)/t13?,14-/m1/s1. The zero-order valence-corrected chi connectivity index (χ0v) is 15.4. The molecule has 1 unspecified atom stereocenters. The van der Waals surface area contributed by atoms with Gasteiger partial charge in [-0.2, -0.15) is 8.78 Å². The number of aromatic amines is 1. The van der Waals surface area contributed by atoms with Gasteiger partial charge in [0.05, 0.1) is 18.1 Å². The Morgan fingerprint density at radius 2 is 2.12 bits per heavy atom. The van der Waals surface area contributed by atoms with Crippen LogP contribution >= 0.6 is 0 Å². The molecular formula is C20H26F2N2O2. The number of halogens is 2. The van der Waals surface area contributed by atoms with E-state index in [2.05, 4.69) is 16.9 Å². The van der Waals surface area contributed by atoms with Gasteiger partial charge in [-0.25, -0.2) is 4.98 Å². The Labute approximate surface area is 152 Å². The average Bonchev–Trinajstić information content (AvgIpc) is 3.02. The second-order valence-corrected chi connectivity index (χ2v) is 7.42. The van der Waals surface area contributed by atoms with Crippen LogP contribution in [0.2, 0.25) is 0 Å². The summed E-state index contributed by atoms with van der Waals surface area (Å²) in [4.78, 5) is 18.6. The molecule has 0 amide bonds. The first-order valence-electron chi connectivity index (χ1n) is 9.37. The fourth-order valence-electron chi connectivity index (χ4n) is 3.96. The summed E-state index contributed by atoms with van der Waals surface area (Å²) in [6.07, 6.45) is 5.55. The van der Waals surface area contributed by atoms with Gasteiger partial charge in [0.25, 0.3) is 11.5 Å². The quantitative estimate of drug-likeness (QED) is 0.702. The lowest BCUT2D eigenvalue weighted by Gasteiger charge is -2.17. The maximum atomic E-state index is 14.6. The van der Waals surface area contributed by atoms with E-state index in [1.165, 1.54) is 26.4 Å². The normalized spacial score (nSPS) is 20.6. The zero-order valence-electron chi connectivity index (χ0n) is 15.4. The molecule has 26 heavy (non-hydrogen) atoms. The van der Waals surface area contributed by atoms with Crippen LogP contribution in [-0.4, -0.2) is 17.1 Å². The highest BCUT2D eigenvalue weighted by atomic mass is 19.3. The summed E-state index contributed by atoms with van der Waals surface area (Å²) in [5.41, 5.74) is -0.798. The van der Waals surface area contributed by atoms with E-state index in [-0.39, 0.29) is 6.42 Å². The van der Waals surface area contributed by atoms with E-state index < -0.39 is 17.2 Å². The van der Waals surface area contributed by atoms with Crippen molar-refractivity contribution < 1.29 is 13.5 Å². The van der Waals surface area contributed by atoms with Crippen LogP contribution in [0.25, 0.3) is 11.0 Å². The molecule has 0 aliphatic heterocycles. The zero-order chi connectivity index (χ0) is 18.7. The molecule has 4 nitrogen and oxygen atoms in total. The number of unbranched alkanes of at least 4 members (excludes halogenated alkanes) is 1. The number of nitrogens with one attached hydrogen (secondary N) is 1. The lowest BCUT2D eigenvalue weighted by Crippen LogP contribution is -2.27. The number of benzene rings is 1. The fraction of sp³-hybridized carbons (Fsp3) is 0.600. The van der Waals surface area contributed by atoms with E-state index in [9.17, 15) is 13.6 Å². The molecule has 1 aromatic heterocycles. The largest absolute Gasteiger partial charge is 0.497 e. The highest BCUT2D eigenvalue weighted by Gasteiger charge is 2.36. The molecule has 2 aromatic rings. The van der Waals surface area contributed by atoms with Gasteiger partial charge in [0, 0.05) is 12.5 Å². The van der Waals surface area contributed by atoms with Crippen molar-refractivity contribution in [3.8, 4) is 5.75 Å². The summed E-state index contributed by atoms with van der Waals surface area (Å²) >= 11 is 0. The molecule has 0 saturated heterocycles. The molecule has 1 aromatic carbocycles. The van der Waals surface area contributed by atoms with Crippen molar-refractivity contribution in [3.05, 3.63) is 34.2 Å². The van der Waals surface area contributed by atoms with Crippen molar-refractivity contribution in [2.75, 3.05) is 7.11 Å². The lowest BCUT2D eigenvalue weighted by atomic mass is 9.92. The number of hydrogen-bond acceptors (Lipinski definition) is 3. The summed E-state index contributed by atoms with van der Waals surface area (Å²) in [7, 11) is 1.50. The van der Waals surface area contributed by atoms with Crippen LogP contribution in [0.3, 0.4) is 0 Å². The first-order chi connectivity index (χ1) is 12.4. The van der Waals surface area contributed by atoms with Crippen LogP contribution in [-0.2, 0) is 5.92 Å². The Morgan fingerprint density at radius 1 is 1.31 bits per heavy atom. The smallest absolute Gasteiger partial charge is 0.295 e. The Hall–Kier alpha value is -1.98. The minimum atomic E-state index is -3.22. The van der Waals surface area contributed by atoms with Crippen LogP contribution in [0.5, 0.6) is 5.75 Å². The fourth-order valence-corrected chi connectivity index (χ4v) is 3.96. The third kappa shape index (κ3) is 4.05. The highest BCUT2D eigenvalue weighted by molar-refractivity contribution is 5.75. The van der Waals surface area contributed by atoms with Crippen molar-refractivity contribution in [1.29, 1.82) is 0 Å². The summed E-state index contributed by atoms with van der Waals surface area (Å²) in [5, 5.41) is 0. The van der Waals surface area contributed by atoms with Crippen molar-refractivity contribution in [3.63, 3.8) is 0 Å². The molecule has 1 N–H and O–H groups in total. The molecule has 0 radical (unpaired) electrons. The summed E-state index contributed by atoms with van der Waals surface area (Å²) < 4.78 is 34.2. The van der Waals surface area contributed by atoms with Gasteiger partial charge >= 0.3 is 0 Å². The van der Waals surface area contributed by atoms with Crippen LogP contribution < -0.4 is 10.3 Å². The minimum Gasteiger partial charge on any atom is -0.497 e. The molecule has 1 saturated carbocycles. The number of fused-ring (bicyclic) bond motifs is 1. The first kappa shape index (κ1) is 18.8. The van der Waals surface area contributed by atoms with E-state index in [1.54, 1.807) is 18.2 Å². The molecule has 2 atom stereocenters. The number of methoxy groups -OCH3 is 1. The van der Waals surface area contributed by atoms with Crippen LogP contribution in [0, 0.1) is 11.8 Å².